The Bertz CT molecular complexity index is 698. The maximum absolute atomic E-state index is 12.0. The monoisotopic (exact) mass is 389 g/mol. The Labute approximate surface area is 137 Å². The molecule has 114 valence electrons. The molecular formula is C14H16BrNO3S2. The first-order valence-electron chi connectivity index (χ1n) is 6.48. The van der Waals surface area contributed by atoms with Crippen LogP contribution < -0.4 is 9.46 Å². The smallest absolute Gasteiger partial charge is 0.250 e. The summed E-state index contributed by atoms with van der Waals surface area (Å²) in [7, 11) is -3.45. The van der Waals surface area contributed by atoms with E-state index in [1.54, 1.807) is 12.1 Å². The van der Waals surface area contributed by atoms with Gasteiger partial charge in [-0.15, -0.1) is 11.3 Å². The molecule has 21 heavy (non-hydrogen) atoms. The Morgan fingerprint density at radius 1 is 1.29 bits per heavy atom. The molecule has 2 rings (SSSR count). The van der Waals surface area contributed by atoms with Gasteiger partial charge in [-0.25, -0.2) is 13.1 Å². The molecule has 1 aromatic carbocycles. The van der Waals surface area contributed by atoms with E-state index in [1.165, 1.54) is 16.9 Å². The standard InChI is InChI=1S/C14H16BrNO3S2/c1-2-11-4-3-5-12(10-11)19-9-8-16-21(17,18)14-7-6-13(15)20-14/h3-7,10,16H,2,8-9H2,1H3. The van der Waals surface area contributed by atoms with E-state index in [0.29, 0.717) is 10.8 Å². The van der Waals surface area contributed by atoms with E-state index in [1.807, 2.05) is 24.3 Å². The van der Waals surface area contributed by atoms with Crippen LogP contribution in [0.5, 0.6) is 5.75 Å². The number of ether oxygens (including phenoxy) is 1. The van der Waals surface area contributed by atoms with Gasteiger partial charge in [-0.2, -0.15) is 0 Å². The van der Waals surface area contributed by atoms with Crippen molar-refractivity contribution >= 4 is 37.3 Å². The van der Waals surface area contributed by atoms with Crippen molar-refractivity contribution in [3.05, 3.63) is 45.7 Å². The highest BCUT2D eigenvalue weighted by atomic mass is 79.9. The lowest BCUT2D eigenvalue weighted by molar-refractivity contribution is 0.322. The molecule has 1 heterocycles. The Hall–Kier alpha value is -0.890. The van der Waals surface area contributed by atoms with E-state index < -0.39 is 10.0 Å². The number of hydrogen-bond acceptors (Lipinski definition) is 4. The van der Waals surface area contributed by atoms with Gasteiger partial charge in [-0.3, -0.25) is 0 Å². The average Bonchev–Trinajstić information content (AvgIpc) is 2.91. The molecule has 0 saturated carbocycles. The maximum atomic E-state index is 12.0. The van der Waals surface area contributed by atoms with Crippen molar-refractivity contribution in [2.45, 2.75) is 17.6 Å². The minimum Gasteiger partial charge on any atom is -0.492 e. The topological polar surface area (TPSA) is 55.4 Å². The second-order valence-electron chi connectivity index (χ2n) is 4.31. The Morgan fingerprint density at radius 3 is 2.76 bits per heavy atom. The number of sulfonamides is 1. The molecule has 0 fully saturated rings. The summed E-state index contributed by atoms with van der Waals surface area (Å²) < 4.78 is 33.1. The summed E-state index contributed by atoms with van der Waals surface area (Å²) in [6.07, 6.45) is 0.942. The van der Waals surface area contributed by atoms with Crippen LogP contribution in [0.4, 0.5) is 0 Å². The summed E-state index contributed by atoms with van der Waals surface area (Å²) >= 11 is 4.43. The van der Waals surface area contributed by atoms with Gasteiger partial charge in [0.25, 0.3) is 0 Å². The molecule has 1 N–H and O–H groups in total. The van der Waals surface area contributed by atoms with Crippen LogP contribution in [-0.4, -0.2) is 21.6 Å². The summed E-state index contributed by atoms with van der Waals surface area (Å²) in [4.78, 5) is 0. The first-order chi connectivity index (χ1) is 10.0. The molecule has 0 bridgehead atoms. The largest absolute Gasteiger partial charge is 0.492 e. The fourth-order valence-electron chi connectivity index (χ4n) is 1.71. The number of halogens is 1. The highest BCUT2D eigenvalue weighted by Crippen LogP contribution is 2.25. The molecule has 0 aliphatic carbocycles. The molecule has 0 spiro atoms. The predicted molar refractivity (Wildman–Crippen MR) is 88.5 cm³/mol. The summed E-state index contributed by atoms with van der Waals surface area (Å²) in [6, 6.07) is 11.1. The lowest BCUT2D eigenvalue weighted by atomic mass is 10.2. The summed E-state index contributed by atoms with van der Waals surface area (Å²) in [5.41, 5.74) is 1.19. The van der Waals surface area contributed by atoms with Crippen LogP contribution in [-0.2, 0) is 16.4 Å². The first kappa shape index (κ1) is 16.5. The van der Waals surface area contributed by atoms with E-state index in [4.69, 9.17) is 4.74 Å². The summed E-state index contributed by atoms with van der Waals surface area (Å²) in [6.45, 7) is 2.60. The zero-order valence-electron chi connectivity index (χ0n) is 11.5. The van der Waals surface area contributed by atoms with E-state index in [-0.39, 0.29) is 6.54 Å². The molecule has 2 aromatic rings. The van der Waals surface area contributed by atoms with E-state index in [2.05, 4.69) is 27.6 Å². The minimum atomic E-state index is -3.45. The number of aryl methyl sites for hydroxylation is 1. The van der Waals surface area contributed by atoms with Crippen molar-refractivity contribution in [2.75, 3.05) is 13.2 Å². The zero-order valence-corrected chi connectivity index (χ0v) is 14.7. The molecular weight excluding hydrogens is 374 g/mol. The fraction of sp³-hybridized carbons (Fsp3) is 0.286. The third-order valence-corrected chi connectivity index (χ3v) is 6.36. The van der Waals surface area contributed by atoms with E-state index >= 15 is 0 Å². The SMILES string of the molecule is CCc1cccc(OCCNS(=O)(=O)c2ccc(Br)s2)c1. The lowest BCUT2D eigenvalue weighted by Gasteiger charge is -2.08. The van der Waals surface area contributed by atoms with Crippen molar-refractivity contribution < 1.29 is 13.2 Å². The maximum Gasteiger partial charge on any atom is 0.250 e. The van der Waals surface area contributed by atoms with Gasteiger partial charge < -0.3 is 4.74 Å². The van der Waals surface area contributed by atoms with Gasteiger partial charge in [0, 0.05) is 6.54 Å². The molecule has 0 amide bonds. The van der Waals surface area contributed by atoms with Gasteiger partial charge in [0.2, 0.25) is 10.0 Å². The molecule has 4 nitrogen and oxygen atoms in total. The van der Waals surface area contributed by atoms with E-state index in [9.17, 15) is 8.42 Å². The van der Waals surface area contributed by atoms with Crippen molar-refractivity contribution in [3.8, 4) is 5.75 Å². The molecule has 0 aliphatic heterocycles. The third kappa shape index (κ3) is 4.81. The second kappa shape index (κ2) is 7.40. The third-order valence-electron chi connectivity index (χ3n) is 2.78. The van der Waals surface area contributed by atoms with Gasteiger partial charge in [0.1, 0.15) is 16.6 Å². The van der Waals surface area contributed by atoms with Crippen LogP contribution in [0.25, 0.3) is 0 Å². The van der Waals surface area contributed by atoms with Gasteiger partial charge >= 0.3 is 0 Å². The van der Waals surface area contributed by atoms with Crippen LogP contribution in [0, 0.1) is 0 Å². The molecule has 7 heteroatoms. The van der Waals surface area contributed by atoms with Gasteiger partial charge in [0.05, 0.1) is 3.79 Å². The van der Waals surface area contributed by atoms with Gasteiger partial charge in [-0.1, -0.05) is 19.1 Å². The highest BCUT2D eigenvalue weighted by Gasteiger charge is 2.15. The molecule has 0 radical (unpaired) electrons. The van der Waals surface area contributed by atoms with Gasteiger partial charge in [0.15, 0.2) is 0 Å². The van der Waals surface area contributed by atoms with Crippen molar-refractivity contribution in [1.82, 2.24) is 4.72 Å². The predicted octanol–water partition coefficient (Wildman–Crippen LogP) is 3.43. The molecule has 0 saturated heterocycles. The van der Waals surface area contributed by atoms with Crippen molar-refractivity contribution in [3.63, 3.8) is 0 Å². The van der Waals surface area contributed by atoms with Crippen LogP contribution >= 0.6 is 27.3 Å². The Morgan fingerprint density at radius 2 is 2.10 bits per heavy atom. The van der Waals surface area contributed by atoms with Crippen LogP contribution in [0.1, 0.15) is 12.5 Å². The average molecular weight is 390 g/mol. The zero-order chi connectivity index (χ0) is 15.3. The summed E-state index contributed by atoms with van der Waals surface area (Å²) in [5, 5.41) is 0. The first-order valence-corrected chi connectivity index (χ1v) is 9.57. The van der Waals surface area contributed by atoms with Crippen LogP contribution in [0.3, 0.4) is 0 Å². The number of thiophene rings is 1. The van der Waals surface area contributed by atoms with Crippen LogP contribution in [0.2, 0.25) is 0 Å². The fourth-order valence-corrected chi connectivity index (χ4v) is 4.78. The van der Waals surface area contributed by atoms with Crippen molar-refractivity contribution in [2.24, 2.45) is 0 Å². The van der Waals surface area contributed by atoms with Crippen molar-refractivity contribution in [1.29, 1.82) is 0 Å². The molecule has 0 aliphatic rings. The normalized spacial score (nSPS) is 11.5. The number of benzene rings is 1. The van der Waals surface area contributed by atoms with Gasteiger partial charge in [-0.05, 0) is 52.2 Å². The Balaban J connectivity index is 1.84. The quantitative estimate of drug-likeness (QED) is 0.737. The molecule has 0 unspecified atom stereocenters. The molecule has 0 atom stereocenters. The molecule has 1 aromatic heterocycles. The van der Waals surface area contributed by atoms with Crippen LogP contribution in [0.15, 0.2) is 44.4 Å². The highest BCUT2D eigenvalue weighted by molar-refractivity contribution is 9.11. The second-order valence-corrected chi connectivity index (χ2v) is 8.76. The Kier molecular flexibility index (Phi) is 5.80. The van der Waals surface area contributed by atoms with E-state index in [0.717, 1.165) is 16.0 Å². The summed E-state index contributed by atoms with van der Waals surface area (Å²) in [5.74, 6) is 0.757. The number of hydrogen-bond donors (Lipinski definition) is 1. The number of rotatable bonds is 7. The number of nitrogens with one attached hydrogen (secondary N) is 1. The lowest BCUT2D eigenvalue weighted by Crippen LogP contribution is -2.27. The minimum absolute atomic E-state index is 0.230.